The van der Waals surface area contributed by atoms with Gasteiger partial charge in [0, 0.05) is 29.2 Å². The van der Waals surface area contributed by atoms with Gasteiger partial charge in [-0.15, -0.1) is 0 Å². The Bertz CT molecular complexity index is 610. The Balaban J connectivity index is 2.12. The molecule has 0 unspecified atom stereocenters. The van der Waals surface area contributed by atoms with Gasteiger partial charge in [0.2, 0.25) is 0 Å². The van der Waals surface area contributed by atoms with E-state index in [1.54, 1.807) is 6.20 Å². The molecule has 0 atom stereocenters. The SMILES string of the molecule is Cc1cnccc1-c1nc(Cl)c2c(n1)CCCCC2. The van der Waals surface area contributed by atoms with Gasteiger partial charge in [-0.25, -0.2) is 9.97 Å². The summed E-state index contributed by atoms with van der Waals surface area (Å²) < 4.78 is 0. The zero-order chi connectivity index (χ0) is 13.2. The summed E-state index contributed by atoms with van der Waals surface area (Å²) in [5.74, 6) is 0.727. The van der Waals surface area contributed by atoms with Crippen LogP contribution in [0.15, 0.2) is 18.5 Å². The van der Waals surface area contributed by atoms with E-state index in [4.69, 9.17) is 16.6 Å². The maximum Gasteiger partial charge on any atom is 0.161 e. The van der Waals surface area contributed by atoms with Gasteiger partial charge in [-0.1, -0.05) is 18.0 Å². The average molecular weight is 274 g/mol. The normalized spacial score (nSPS) is 14.8. The van der Waals surface area contributed by atoms with Crippen molar-refractivity contribution in [3.8, 4) is 11.4 Å². The number of pyridine rings is 1. The molecule has 0 radical (unpaired) electrons. The van der Waals surface area contributed by atoms with E-state index in [2.05, 4.69) is 9.97 Å². The van der Waals surface area contributed by atoms with E-state index < -0.39 is 0 Å². The number of aryl methyl sites for hydroxylation is 2. The standard InChI is InChI=1S/C15H16ClN3/c1-10-9-17-8-7-11(10)15-18-13-6-4-2-3-5-12(13)14(16)19-15/h7-9H,2-6H2,1H3. The molecule has 0 saturated heterocycles. The third-order valence-electron chi connectivity index (χ3n) is 3.64. The first kappa shape index (κ1) is 12.5. The van der Waals surface area contributed by atoms with Crippen molar-refractivity contribution in [2.24, 2.45) is 0 Å². The Morgan fingerprint density at radius 3 is 2.79 bits per heavy atom. The molecule has 2 heterocycles. The molecule has 0 N–H and O–H groups in total. The number of hydrogen-bond donors (Lipinski definition) is 0. The summed E-state index contributed by atoms with van der Waals surface area (Å²) in [5.41, 5.74) is 4.37. The van der Waals surface area contributed by atoms with Crippen molar-refractivity contribution in [1.82, 2.24) is 15.0 Å². The molecular weight excluding hydrogens is 258 g/mol. The number of nitrogens with zero attached hydrogens (tertiary/aromatic N) is 3. The summed E-state index contributed by atoms with van der Waals surface area (Å²) in [6.07, 6.45) is 9.23. The average Bonchev–Trinajstić information content (AvgIpc) is 2.65. The first-order valence-corrected chi connectivity index (χ1v) is 7.10. The van der Waals surface area contributed by atoms with Gasteiger partial charge in [-0.3, -0.25) is 4.98 Å². The second-order valence-electron chi connectivity index (χ2n) is 5.01. The van der Waals surface area contributed by atoms with Crippen molar-refractivity contribution >= 4 is 11.6 Å². The van der Waals surface area contributed by atoms with Gasteiger partial charge in [-0.05, 0) is 44.2 Å². The number of fused-ring (bicyclic) bond motifs is 1. The van der Waals surface area contributed by atoms with E-state index in [0.29, 0.717) is 5.15 Å². The van der Waals surface area contributed by atoms with Crippen LogP contribution >= 0.6 is 11.6 Å². The van der Waals surface area contributed by atoms with Crippen molar-refractivity contribution < 1.29 is 0 Å². The van der Waals surface area contributed by atoms with Crippen molar-refractivity contribution in [2.75, 3.05) is 0 Å². The molecule has 19 heavy (non-hydrogen) atoms. The summed E-state index contributed by atoms with van der Waals surface area (Å²) in [6, 6.07) is 1.95. The van der Waals surface area contributed by atoms with Crippen LogP contribution in [0.4, 0.5) is 0 Å². The van der Waals surface area contributed by atoms with Crippen LogP contribution in [0.1, 0.15) is 36.1 Å². The zero-order valence-electron chi connectivity index (χ0n) is 11.0. The van der Waals surface area contributed by atoms with E-state index in [0.717, 1.165) is 41.1 Å². The molecule has 2 aromatic rings. The molecule has 0 aromatic carbocycles. The minimum Gasteiger partial charge on any atom is -0.264 e. The first-order chi connectivity index (χ1) is 9.25. The summed E-state index contributed by atoms with van der Waals surface area (Å²) in [7, 11) is 0. The summed E-state index contributed by atoms with van der Waals surface area (Å²) in [5, 5.41) is 0.623. The highest BCUT2D eigenvalue weighted by atomic mass is 35.5. The van der Waals surface area contributed by atoms with Crippen molar-refractivity contribution in [2.45, 2.75) is 39.0 Å². The van der Waals surface area contributed by atoms with Crippen LogP contribution in [0.25, 0.3) is 11.4 Å². The third kappa shape index (κ3) is 2.47. The Morgan fingerprint density at radius 1 is 1.11 bits per heavy atom. The van der Waals surface area contributed by atoms with Crippen LogP contribution in [0, 0.1) is 6.92 Å². The lowest BCUT2D eigenvalue weighted by Crippen LogP contribution is -2.03. The number of hydrogen-bond acceptors (Lipinski definition) is 3. The number of rotatable bonds is 1. The van der Waals surface area contributed by atoms with Crippen LogP contribution in [-0.2, 0) is 12.8 Å². The molecule has 1 aliphatic carbocycles. The predicted molar refractivity (Wildman–Crippen MR) is 76.3 cm³/mol. The van der Waals surface area contributed by atoms with Crippen LogP contribution in [-0.4, -0.2) is 15.0 Å². The predicted octanol–water partition coefficient (Wildman–Crippen LogP) is 3.77. The molecule has 2 aromatic heterocycles. The Kier molecular flexibility index (Phi) is 3.47. The van der Waals surface area contributed by atoms with Crippen molar-refractivity contribution in [3.63, 3.8) is 0 Å². The smallest absolute Gasteiger partial charge is 0.161 e. The summed E-state index contributed by atoms with van der Waals surface area (Å²) in [4.78, 5) is 13.3. The topological polar surface area (TPSA) is 38.7 Å². The molecule has 0 aliphatic heterocycles. The van der Waals surface area contributed by atoms with E-state index in [1.165, 1.54) is 19.3 Å². The quantitative estimate of drug-likeness (QED) is 0.586. The van der Waals surface area contributed by atoms with E-state index in [9.17, 15) is 0 Å². The first-order valence-electron chi connectivity index (χ1n) is 6.72. The van der Waals surface area contributed by atoms with Gasteiger partial charge in [-0.2, -0.15) is 0 Å². The zero-order valence-corrected chi connectivity index (χ0v) is 11.7. The molecule has 1 aliphatic rings. The number of halogens is 1. The summed E-state index contributed by atoms with van der Waals surface area (Å²) in [6.45, 7) is 2.02. The van der Waals surface area contributed by atoms with Gasteiger partial charge in [0.25, 0.3) is 0 Å². The third-order valence-corrected chi connectivity index (χ3v) is 3.96. The molecule has 0 saturated carbocycles. The maximum atomic E-state index is 6.36. The minimum absolute atomic E-state index is 0.623. The van der Waals surface area contributed by atoms with E-state index >= 15 is 0 Å². The van der Waals surface area contributed by atoms with Crippen LogP contribution in [0.2, 0.25) is 5.15 Å². The molecule has 0 amide bonds. The molecular formula is C15H16ClN3. The molecule has 98 valence electrons. The summed E-state index contributed by atoms with van der Waals surface area (Å²) >= 11 is 6.36. The second-order valence-corrected chi connectivity index (χ2v) is 5.37. The lowest BCUT2D eigenvalue weighted by molar-refractivity contribution is 0.709. The molecule has 0 fully saturated rings. The van der Waals surface area contributed by atoms with Crippen LogP contribution in [0.3, 0.4) is 0 Å². The van der Waals surface area contributed by atoms with Gasteiger partial charge >= 0.3 is 0 Å². The Morgan fingerprint density at radius 2 is 1.95 bits per heavy atom. The Hall–Kier alpha value is -1.48. The molecule has 4 heteroatoms. The molecule has 0 spiro atoms. The lowest BCUT2D eigenvalue weighted by atomic mass is 10.1. The fraction of sp³-hybridized carbons (Fsp3) is 0.400. The second kappa shape index (κ2) is 5.25. The van der Waals surface area contributed by atoms with Gasteiger partial charge in [0.1, 0.15) is 5.15 Å². The fourth-order valence-electron chi connectivity index (χ4n) is 2.57. The minimum atomic E-state index is 0.623. The maximum absolute atomic E-state index is 6.36. The van der Waals surface area contributed by atoms with Gasteiger partial charge in [0.05, 0.1) is 0 Å². The monoisotopic (exact) mass is 273 g/mol. The van der Waals surface area contributed by atoms with E-state index in [-0.39, 0.29) is 0 Å². The van der Waals surface area contributed by atoms with Crippen LogP contribution < -0.4 is 0 Å². The fourth-order valence-corrected chi connectivity index (χ4v) is 2.85. The van der Waals surface area contributed by atoms with E-state index in [1.807, 2.05) is 19.2 Å². The molecule has 3 rings (SSSR count). The Labute approximate surface area is 118 Å². The van der Waals surface area contributed by atoms with Crippen molar-refractivity contribution in [1.29, 1.82) is 0 Å². The van der Waals surface area contributed by atoms with Gasteiger partial charge < -0.3 is 0 Å². The van der Waals surface area contributed by atoms with Crippen LogP contribution in [0.5, 0.6) is 0 Å². The largest absolute Gasteiger partial charge is 0.264 e. The highest BCUT2D eigenvalue weighted by Gasteiger charge is 2.16. The number of aromatic nitrogens is 3. The van der Waals surface area contributed by atoms with Crippen molar-refractivity contribution in [3.05, 3.63) is 40.4 Å². The molecule has 3 nitrogen and oxygen atoms in total. The highest BCUT2D eigenvalue weighted by molar-refractivity contribution is 6.30. The lowest BCUT2D eigenvalue weighted by Gasteiger charge is -2.10. The molecule has 0 bridgehead atoms. The highest BCUT2D eigenvalue weighted by Crippen LogP contribution is 2.28. The van der Waals surface area contributed by atoms with Gasteiger partial charge in [0.15, 0.2) is 5.82 Å².